The topological polar surface area (TPSA) is 41.6 Å². The van der Waals surface area contributed by atoms with Gasteiger partial charge in [0.15, 0.2) is 0 Å². The van der Waals surface area contributed by atoms with Gasteiger partial charge in [0.1, 0.15) is 6.61 Å². The number of amides is 2. The van der Waals surface area contributed by atoms with Crippen LogP contribution in [0.15, 0.2) is 12.7 Å². The summed E-state index contributed by atoms with van der Waals surface area (Å²) < 4.78 is 5.31. The van der Waals surface area contributed by atoms with Crippen LogP contribution in [-0.4, -0.2) is 43.8 Å². The number of urea groups is 1. The van der Waals surface area contributed by atoms with Gasteiger partial charge in [-0.2, -0.15) is 0 Å². The van der Waals surface area contributed by atoms with E-state index >= 15 is 0 Å². The number of ether oxygens (including phenoxy) is 1. The lowest BCUT2D eigenvalue weighted by atomic mass is 9.98. The van der Waals surface area contributed by atoms with Gasteiger partial charge in [-0.15, -0.1) is 13.0 Å². The van der Waals surface area contributed by atoms with Crippen molar-refractivity contribution in [1.82, 2.24) is 10.2 Å². The van der Waals surface area contributed by atoms with Gasteiger partial charge in [0, 0.05) is 19.6 Å². The van der Waals surface area contributed by atoms with Crippen molar-refractivity contribution in [1.29, 1.82) is 0 Å². The standard InChI is InChI=1S/C13H20N2O2/c1-3-7-14-13(16)15-8-5-12(6-9-15)11-17-10-4-2/h2-3,12H,1,5-11H2,(H,14,16). The lowest BCUT2D eigenvalue weighted by molar-refractivity contribution is 0.0913. The second-order valence-corrected chi connectivity index (χ2v) is 4.12. The van der Waals surface area contributed by atoms with E-state index in [2.05, 4.69) is 17.8 Å². The first-order valence-electron chi connectivity index (χ1n) is 5.92. The molecule has 1 N–H and O–H groups in total. The zero-order chi connectivity index (χ0) is 12.5. The van der Waals surface area contributed by atoms with E-state index in [1.807, 2.05) is 4.90 Å². The van der Waals surface area contributed by atoms with E-state index in [0.29, 0.717) is 25.7 Å². The molecule has 0 aliphatic carbocycles. The molecule has 0 spiro atoms. The molecule has 4 nitrogen and oxygen atoms in total. The maximum Gasteiger partial charge on any atom is 0.317 e. The molecule has 0 aromatic heterocycles. The lowest BCUT2D eigenvalue weighted by Gasteiger charge is -2.31. The first kappa shape index (κ1) is 13.6. The first-order chi connectivity index (χ1) is 8.27. The number of carbonyl (C=O) groups is 1. The van der Waals surface area contributed by atoms with E-state index in [9.17, 15) is 4.79 Å². The van der Waals surface area contributed by atoms with E-state index in [0.717, 1.165) is 25.9 Å². The summed E-state index contributed by atoms with van der Waals surface area (Å²) in [5, 5.41) is 2.78. The third-order valence-corrected chi connectivity index (χ3v) is 2.84. The maximum absolute atomic E-state index is 11.6. The van der Waals surface area contributed by atoms with Gasteiger partial charge in [-0.05, 0) is 18.8 Å². The molecule has 0 saturated carbocycles. The van der Waals surface area contributed by atoms with Crippen LogP contribution in [0.4, 0.5) is 4.79 Å². The van der Waals surface area contributed by atoms with Gasteiger partial charge in [0.2, 0.25) is 0 Å². The molecule has 0 bridgehead atoms. The van der Waals surface area contributed by atoms with Gasteiger partial charge in [-0.25, -0.2) is 4.79 Å². The molecule has 1 fully saturated rings. The van der Waals surface area contributed by atoms with Gasteiger partial charge < -0.3 is 15.0 Å². The quantitative estimate of drug-likeness (QED) is 0.443. The highest BCUT2D eigenvalue weighted by Crippen LogP contribution is 2.17. The van der Waals surface area contributed by atoms with Crippen LogP contribution in [0.25, 0.3) is 0 Å². The van der Waals surface area contributed by atoms with Crippen molar-refractivity contribution in [2.24, 2.45) is 5.92 Å². The fourth-order valence-corrected chi connectivity index (χ4v) is 1.86. The average Bonchev–Trinajstić information content (AvgIpc) is 2.37. The summed E-state index contributed by atoms with van der Waals surface area (Å²) >= 11 is 0. The number of carbonyl (C=O) groups excluding carboxylic acids is 1. The molecular weight excluding hydrogens is 216 g/mol. The van der Waals surface area contributed by atoms with Crippen molar-refractivity contribution in [2.45, 2.75) is 12.8 Å². The second-order valence-electron chi connectivity index (χ2n) is 4.12. The molecule has 2 amide bonds. The Balaban J connectivity index is 2.19. The molecule has 1 saturated heterocycles. The van der Waals surface area contributed by atoms with E-state index in [4.69, 9.17) is 11.2 Å². The van der Waals surface area contributed by atoms with Gasteiger partial charge in [0.25, 0.3) is 0 Å². The third kappa shape index (κ3) is 4.92. The zero-order valence-corrected chi connectivity index (χ0v) is 10.2. The summed E-state index contributed by atoms with van der Waals surface area (Å²) in [6.07, 6.45) is 8.74. The van der Waals surface area contributed by atoms with E-state index in [1.165, 1.54) is 0 Å². The molecule has 94 valence electrons. The summed E-state index contributed by atoms with van der Waals surface area (Å²) in [7, 11) is 0. The van der Waals surface area contributed by atoms with Crippen molar-refractivity contribution in [2.75, 3.05) is 32.8 Å². The maximum atomic E-state index is 11.6. The van der Waals surface area contributed by atoms with E-state index in [-0.39, 0.29) is 6.03 Å². The van der Waals surface area contributed by atoms with Gasteiger partial charge in [-0.3, -0.25) is 0 Å². The second kappa shape index (κ2) is 7.75. The highest BCUT2D eigenvalue weighted by Gasteiger charge is 2.22. The number of piperidine rings is 1. The van der Waals surface area contributed by atoms with Gasteiger partial charge >= 0.3 is 6.03 Å². The molecular formula is C13H20N2O2. The van der Waals surface area contributed by atoms with Crippen LogP contribution in [-0.2, 0) is 4.74 Å². The Labute approximate surface area is 103 Å². The molecule has 1 aliphatic rings. The van der Waals surface area contributed by atoms with Gasteiger partial charge in [-0.1, -0.05) is 12.0 Å². The number of rotatable bonds is 5. The first-order valence-corrected chi connectivity index (χ1v) is 5.92. The SMILES string of the molecule is C#CCOCC1CCN(C(=O)NCC=C)CC1. The number of nitrogens with one attached hydrogen (secondary N) is 1. The number of hydrogen-bond donors (Lipinski definition) is 1. The van der Waals surface area contributed by atoms with Crippen LogP contribution in [0.1, 0.15) is 12.8 Å². The minimum absolute atomic E-state index is 0.00658. The predicted octanol–water partition coefficient (Wildman–Crippen LogP) is 1.24. The highest BCUT2D eigenvalue weighted by molar-refractivity contribution is 5.74. The largest absolute Gasteiger partial charge is 0.369 e. The smallest absolute Gasteiger partial charge is 0.317 e. The predicted molar refractivity (Wildman–Crippen MR) is 67.5 cm³/mol. The van der Waals surface area contributed by atoms with Crippen molar-refractivity contribution in [3.8, 4) is 12.3 Å². The molecule has 1 aliphatic heterocycles. The van der Waals surface area contributed by atoms with Crippen LogP contribution in [0.5, 0.6) is 0 Å². The molecule has 0 atom stereocenters. The highest BCUT2D eigenvalue weighted by atomic mass is 16.5. The van der Waals surface area contributed by atoms with Crippen LogP contribution in [0.2, 0.25) is 0 Å². The van der Waals surface area contributed by atoms with Crippen molar-refractivity contribution >= 4 is 6.03 Å². The molecule has 4 heteroatoms. The van der Waals surface area contributed by atoms with Crippen molar-refractivity contribution in [3.63, 3.8) is 0 Å². The lowest BCUT2D eigenvalue weighted by Crippen LogP contribution is -2.45. The molecule has 1 heterocycles. The van der Waals surface area contributed by atoms with Crippen molar-refractivity contribution in [3.05, 3.63) is 12.7 Å². The Kier molecular flexibility index (Phi) is 6.19. The van der Waals surface area contributed by atoms with Crippen LogP contribution >= 0.6 is 0 Å². The molecule has 0 aromatic carbocycles. The Morgan fingerprint density at radius 1 is 1.59 bits per heavy atom. The summed E-state index contributed by atoms with van der Waals surface area (Å²) in [5.74, 6) is 2.97. The van der Waals surface area contributed by atoms with E-state index < -0.39 is 0 Å². The van der Waals surface area contributed by atoms with Crippen LogP contribution < -0.4 is 5.32 Å². The van der Waals surface area contributed by atoms with E-state index in [1.54, 1.807) is 6.08 Å². The fourth-order valence-electron chi connectivity index (χ4n) is 1.86. The molecule has 1 rings (SSSR count). The fraction of sp³-hybridized carbons (Fsp3) is 0.615. The third-order valence-electron chi connectivity index (χ3n) is 2.84. The summed E-state index contributed by atoms with van der Waals surface area (Å²) in [5.41, 5.74) is 0. The van der Waals surface area contributed by atoms with Gasteiger partial charge in [0.05, 0.1) is 6.61 Å². The molecule has 0 aromatic rings. The number of hydrogen-bond acceptors (Lipinski definition) is 2. The molecule has 17 heavy (non-hydrogen) atoms. The average molecular weight is 236 g/mol. The number of terminal acetylenes is 1. The normalized spacial score (nSPS) is 16.3. The number of nitrogens with zero attached hydrogens (tertiary/aromatic N) is 1. The molecule has 0 unspecified atom stereocenters. The minimum Gasteiger partial charge on any atom is -0.369 e. The Bertz CT molecular complexity index is 288. The van der Waals surface area contributed by atoms with Crippen LogP contribution in [0, 0.1) is 18.3 Å². The van der Waals surface area contributed by atoms with Crippen molar-refractivity contribution < 1.29 is 9.53 Å². The Morgan fingerprint density at radius 3 is 2.88 bits per heavy atom. The Morgan fingerprint density at radius 2 is 2.29 bits per heavy atom. The zero-order valence-electron chi connectivity index (χ0n) is 10.2. The summed E-state index contributed by atoms with van der Waals surface area (Å²) in [6.45, 7) is 6.73. The summed E-state index contributed by atoms with van der Waals surface area (Å²) in [6, 6.07) is -0.00658. The number of likely N-dealkylation sites (tertiary alicyclic amines) is 1. The summed E-state index contributed by atoms with van der Waals surface area (Å²) in [4.78, 5) is 13.5. The molecule has 0 radical (unpaired) electrons. The Hall–Kier alpha value is -1.47. The van der Waals surface area contributed by atoms with Crippen LogP contribution in [0.3, 0.4) is 0 Å². The monoisotopic (exact) mass is 236 g/mol. The minimum atomic E-state index is -0.00658.